The van der Waals surface area contributed by atoms with Crippen molar-refractivity contribution >= 4 is 33.4 Å². The number of fused-ring (bicyclic) bond motifs is 1. The molecule has 1 N–H and O–H groups in total. The molecule has 4 rings (SSSR count). The molecule has 1 aliphatic carbocycles. The monoisotopic (exact) mass is 415 g/mol. The number of hydrogen-bond acceptors (Lipinski definition) is 5. The van der Waals surface area contributed by atoms with Crippen LogP contribution < -0.4 is 5.32 Å². The third-order valence-corrected chi connectivity index (χ3v) is 6.61. The Morgan fingerprint density at radius 1 is 1.28 bits per heavy atom. The second kappa shape index (κ2) is 7.59. The zero-order valence-electron chi connectivity index (χ0n) is 16.3. The van der Waals surface area contributed by atoms with E-state index in [0.717, 1.165) is 34.3 Å². The van der Waals surface area contributed by atoms with Crippen LogP contribution in [0.3, 0.4) is 0 Å². The first-order valence-electron chi connectivity index (χ1n) is 9.54. The maximum Gasteiger partial charge on any atom is 0.331 e. The van der Waals surface area contributed by atoms with E-state index in [-0.39, 0.29) is 17.7 Å². The van der Waals surface area contributed by atoms with E-state index in [2.05, 4.69) is 10.4 Å². The van der Waals surface area contributed by atoms with E-state index in [4.69, 9.17) is 4.74 Å². The van der Waals surface area contributed by atoms with Gasteiger partial charge in [0.25, 0.3) is 5.91 Å². The van der Waals surface area contributed by atoms with Crippen molar-refractivity contribution < 1.29 is 18.7 Å². The first kappa shape index (κ1) is 19.6. The van der Waals surface area contributed by atoms with Gasteiger partial charge < -0.3 is 10.1 Å². The van der Waals surface area contributed by atoms with Gasteiger partial charge in [-0.25, -0.2) is 9.18 Å². The lowest BCUT2D eigenvalue weighted by Gasteiger charge is -2.26. The molecule has 152 valence electrons. The van der Waals surface area contributed by atoms with Crippen LogP contribution in [-0.4, -0.2) is 34.3 Å². The lowest BCUT2D eigenvalue weighted by molar-refractivity contribution is -0.148. The van der Waals surface area contributed by atoms with Crippen molar-refractivity contribution in [3.63, 3.8) is 0 Å². The fraction of sp³-hybridized carbons (Fsp3) is 0.381. The number of methoxy groups -OCH3 is 1. The molecule has 2 heterocycles. The summed E-state index contributed by atoms with van der Waals surface area (Å²) in [6.45, 7) is 2.38. The Labute approximate surface area is 171 Å². The predicted molar refractivity (Wildman–Crippen MR) is 109 cm³/mol. The summed E-state index contributed by atoms with van der Waals surface area (Å²) >= 11 is 1.34. The van der Waals surface area contributed by atoms with Crippen LogP contribution in [0.4, 0.5) is 4.39 Å². The van der Waals surface area contributed by atoms with Crippen LogP contribution >= 0.6 is 11.3 Å². The number of carbonyl (C=O) groups excluding carboxylic acids is 2. The highest BCUT2D eigenvalue weighted by Gasteiger charge is 2.44. The Morgan fingerprint density at radius 3 is 2.62 bits per heavy atom. The average molecular weight is 415 g/mol. The number of hydrogen-bond donors (Lipinski definition) is 1. The number of aryl methyl sites for hydroxylation is 1. The van der Waals surface area contributed by atoms with Crippen molar-refractivity contribution in [3.05, 3.63) is 52.3 Å². The maximum absolute atomic E-state index is 13.2. The summed E-state index contributed by atoms with van der Waals surface area (Å²) in [6, 6.07) is 8.10. The highest BCUT2D eigenvalue weighted by Crippen LogP contribution is 2.33. The summed E-state index contributed by atoms with van der Waals surface area (Å²) < 4.78 is 19.9. The number of esters is 1. The lowest BCUT2D eigenvalue weighted by Crippen LogP contribution is -2.53. The Morgan fingerprint density at radius 2 is 1.97 bits per heavy atom. The zero-order valence-corrected chi connectivity index (χ0v) is 17.1. The topological polar surface area (TPSA) is 73.2 Å². The largest absolute Gasteiger partial charge is 0.467 e. The smallest absolute Gasteiger partial charge is 0.331 e. The summed E-state index contributed by atoms with van der Waals surface area (Å²) in [4.78, 5) is 26.6. The Balaban J connectivity index is 1.61. The number of rotatable bonds is 5. The van der Waals surface area contributed by atoms with Gasteiger partial charge >= 0.3 is 5.97 Å². The average Bonchev–Trinajstić information content (AvgIpc) is 3.41. The number of nitrogens with one attached hydrogen (secondary N) is 1. The van der Waals surface area contributed by atoms with Gasteiger partial charge in [-0.05, 0) is 43.5 Å². The van der Waals surface area contributed by atoms with Crippen LogP contribution in [0.2, 0.25) is 0 Å². The predicted octanol–water partition coefficient (Wildman–Crippen LogP) is 3.81. The molecule has 0 radical (unpaired) electrons. The third kappa shape index (κ3) is 3.64. The second-order valence-corrected chi connectivity index (χ2v) is 8.46. The molecule has 1 saturated carbocycles. The molecule has 0 unspecified atom stereocenters. The van der Waals surface area contributed by atoms with Gasteiger partial charge in [0.1, 0.15) is 16.2 Å². The van der Waals surface area contributed by atoms with Crippen LogP contribution in [0.25, 0.3) is 10.2 Å². The number of ether oxygens (including phenoxy) is 1. The standard InChI is InChI=1S/C21H22FN3O3S/c1-13-16-11-17(18(26)23-21(20(27)28-2)9-3-4-10-21)29-19(16)25(24-13)12-14-5-7-15(22)8-6-14/h5-8,11H,3-4,9-10,12H2,1-2H3,(H,23,26). The van der Waals surface area contributed by atoms with E-state index in [9.17, 15) is 14.0 Å². The van der Waals surface area contributed by atoms with Crippen molar-refractivity contribution in [1.82, 2.24) is 15.1 Å². The number of nitrogens with zero attached hydrogens (tertiary/aromatic N) is 2. The third-order valence-electron chi connectivity index (χ3n) is 5.46. The first-order chi connectivity index (χ1) is 13.9. The van der Waals surface area contributed by atoms with Gasteiger partial charge in [-0.15, -0.1) is 11.3 Å². The van der Waals surface area contributed by atoms with E-state index >= 15 is 0 Å². The summed E-state index contributed by atoms with van der Waals surface area (Å²) in [6.07, 6.45) is 2.95. The Hall–Kier alpha value is -2.74. The van der Waals surface area contributed by atoms with Gasteiger partial charge in [0.05, 0.1) is 24.2 Å². The van der Waals surface area contributed by atoms with Crippen molar-refractivity contribution in [1.29, 1.82) is 0 Å². The van der Waals surface area contributed by atoms with E-state index in [1.54, 1.807) is 12.1 Å². The summed E-state index contributed by atoms with van der Waals surface area (Å²) in [5.41, 5.74) is 0.809. The molecule has 8 heteroatoms. The van der Waals surface area contributed by atoms with Gasteiger partial charge in [-0.3, -0.25) is 9.48 Å². The van der Waals surface area contributed by atoms with Gasteiger partial charge in [0.2, 0.25) is 0 Å². The van der Waals surface area contributed by atoms with Crippen LogP contribution in [0, 0.1) is 12.7 Å². The van der Waals surface area contributed by atoms with Gasteiger partial charge in [0, 0.05) is 5.39 Å². The van der Waals surface area contributed by atoms with E-state index < -0.39 is 5.54 Å². The fourth-order valence-corrected chi connectivity index (χ4v) is 4.98. The molecule has 1 aliphatic rings. The highest BCUT2D eigenvalue weighted by molar-refractivity contribution is 7.20. The molecule has 2 aromatic heterocycles. The molecule has 0 saturated heterocycles. The van der Waals surface area contributed by atoms with Crippen LogP contribution in [0.15, 0.2) is 30.3 Å². The van der Waals surface area contributed by atoms with E-state index in [1.807, 2.05) is 17.7 Å². The summed E-state index contributed by atoms with van der Waals surface area (Å²) in [5, 5.41) is 8.39. The van der Waals surface area contributed by atoms with E-state index in [0.29, 0.717) is 24.3 Å². The Bertz CT molecular complexity index is 1060. The minimum Gasteiger partial charge on any atom is -0.467 e. The highest BCUT2D eigenvalue weighted by atomic mass is 32.1. The minimum absolute atomic E-state index is 0.272. The van der Waals surface area contributed by atoms with Crippen LogP contribution in [0.5, 0.6) is 0 Å². The number of thiophene rings is 1. The fourth-order valence-electron chi connectivity index (χ4n) is 3.93. The molecule has 1 amide bonds. The molecule has 6 nitrogen and oxygen atoms in total. The molecular formula is C21H22FN3O3S. The zero-order chi connectivity index (χ0) is 20.6. The summed E-state index contributed by atoms with van der Waals surface area (Å²) in [5.74, 6) is -0.938. The van der Waals surface area contributed by atoms with Crippen molar-refractivity contribution in [3.8, 4) is 0 Å². The van der Waals surface area contributed by atoms with Crippen LogP contribution in [0.1, 0.15) is 46.6 Å². The Kier molecular flexibility index (Phi) is 5.12. The molecule has 0 atom stereocenters. The lowest BCUT2D eigenvalue weighted by atomic mass is 9.97. The number of carbonyl (C=O) groups is 2. The number of amides is 1. The molecule has 0 spiro atoms. The molecule has 3 aromatic rings. The number of halogens is 1. The SMILES string of the molecule is COC(=O)C1(NC(=O)c2cc3c(C)nn(Cc4ccc(F)cc4)c3s2)CCCC1. The molecule has 0 aliphatic heterocycles. The normalized spacial score (nSPS) is 15.6. The van der Waals surface area contributed by atoms with Crippen molar-refractivity contribution in [2.75, 3.05) is 7.11 Å². The first-order valence-corrected chi connectivity index (χ1v) is 10.4. The minimum atomic E-state index is -0.933. The number of benzene rings is 1. The maximum atomic E-state index is 13.2. The van der Waals surface area contributed by atoms with Gasteiger partial charge in [0.15, 0.2) is 0 Å². The summed E-state index contributed by atoms with van der Waals surface area (Å²) in [7, 11) is 1.35. The van der Waals surface area contributed by atoms with E-state index in [1.165, 1.54) is 30.6 Å². The molecular weight excluding hydrogens is 393 g/mol. The van der Waals surface area contributed by atoms with Gasteiger partial charge in [-0.2, -0.15) is 5.10 Å². The molecule has 29 heavy (non-hydrogen) atoms. The second-order valence-electron chi connectivity index (χ2n) is 7.43. The quantitative estimate of drug-likeness (QED) is 0.643. The van der Waals surface area contributed by atoms with Gasteiger partial charge in [-0.1, -0.05) is 25.0 Å². The molecule has 0 bridgehead atoms. The van der Waals surface area contributed by atoms with Crippen molar-refractivity contribution in [2.24, 2.45) is 0 Å². The van der Waals surface area contributed by atoms with Crippen molar-refractivity contribution in [2.45, 2.75) is 44.7 Å². The number of aromatic nitrogens is 2. The molecule has 1 aromatic carbocycles. The van der Waals surface area contributed by atoms with Crippen LogP contribution in [-0.2, 0) is 16.1 Å². The molecule has 1 fully saturated rings.